The van der Waals surface area contributed by atoms with Gasteiger partial charge in [-0.05, 0) is 49.8 Å². The van der Waals surface area contributed by atoms with Gasteiger partial charge in [-0.1, -0.05) is 19.1 Å². The van der Waals surface area contributed by atoms with Gasteiger partial charge in [-0.15, -0.1) is 0 Å². The van der Waals surface area contributed by atoms with Crippen molar-refractivity contribution in [2.45, 2.75) is 39.5 Å². The van der Waals surface area contributed by atoms with Crippen molar-refractivity contribution in [1.82, 2.24) is 9.88 Å². The van der Waals surface area contributed by atoms with Gasteiger partial charge in [0.25, 0.3) is 0 Å². The monoisotopic (exact) mass is 342 g/mol. The topological polar surface area (TPSA) is 66.6 Å². The number of aromatic nitrogens is 1. The molecule has 1 aromatic carbocycles. The molecule has 134 valence electrons. The van der Waals surface area contributed by atoms with Crippen molar-refractivity contribution in [3.8, 4) is 11.5 Å². The molecule has 1 N–H and O–H groups in total. The summed E-state index contributed by atoms with van der Waals surface area (Å²) in [5.74, 6) is 1.51. The number of piperidine rings is 1. The van der Waals surface area contributed by atoms with Crippen LogP contribution >= 0.6 is 0 Å². The number of nitrogens with zero attached hydrogens (tertiary/aromatic N) is 2. The standard InChI is InChI=1S/C20H26N2O3/c1-3-15-6-8-17(9-7-15)20-21-18(14(2)25-20)11-19(24)22-10-4-5-16(12-22)13-23/h6-9,16,23H,3-5,10-13H2,1-2H3. The highest BCUT2D eigenvalue weighted by atomic mass is 16.4. The summed E-state index contributed by atoms with van der Waals surface area (Å²) in [5, 5.41) is 9.33. The predicted octanol–water partition coefficient (Wildman–Crippen LogP) is 2.99. The highest BCUT2D eigenvalue weighted by Gasteiger charge is 2.24. The van der Waals surface area contributed by atoms with Gasteiger partial charge in [-0.25, -0.2) is 4.98 Å². The fourth-order valence-corrected chi connectivity index (χ4v) is 3.29. The molecule has 1 amide bonds. The Balaban J connectivity index is 1.70. The van der Waals surface area contributed by atoms with E-state index >= 15 is 0 Å². The molecule has 1 aromatic heterocycles. The summed E-state index contributed by atoms with van der Waals surface area (Å²) >= 11 is 0. The number of aliphatic hydroxyl groups excluding tert-OH is 1. The Labute approximate surface area is 148 Å². The van der Waals surface area contributed by atoms with Crippen molar-refractivity contribution in [3.05, 3.63) is 41.3 Å². The molecule has 2 heterocycles. The first-order valence-corrected chi connectivity index (χ1v) is 9.05. The van der Waals surface area contributed by atoms with E-state index in [4.69, 9.17) is 4.42 Å². The number of aryl methyl sites for hydroxylation is 2. The van der Waals surface area contributed by atoms with Gasteiger partial charge in [0.15, 0.2) is 0 Å². The lowest BCUT2D eigenvalue weighted by atomic mass is 9.98. The highest BCUT2D eigenvalue weighted by Crippen LogP contribution is 2.23. The number of likely N-dealkylation sites (tertiary alicyclic amines) is 1. The molecule has 3 rings (SSSR count). The Morgan fingerprint density at radius 1 is 1.36 bits per heavy atom. The van der Waals surface area contributed by atoms with Crippen LogP contribution in [-0.2, 0) is 17.6 Å². The minimum absolute atomic E-state index is 0.0578. The van der Waals surface area contributed by atoms with Gasteiger partial charge < -0.3 is 14.4 Å². The largest absolute Gasteiger partial charge is 0.441 e. The number of benzene rings is 1. The molecule has 2 aromatic rings. The number of carbonyl (C=O) groups is 1. The van der Waals surface area contributed by atoms with E-state index < -0.39 is 0 Å². The minimum atomic E-state index is 0.0578. The number of rotatable bonds is 5. The zero-order valence-electron chi connectivity index (χ0n) is 15.0. The van der Waals surface area contributed by atoms with E-state index in [0.717, 1.165) is 31.4 Å². The Hall–Kier alpha value is -2.14. The maximum atomic E-state index is 12.6. The fourth-order valence-electron chi connectivity index (χ4n) is 3.29. The van der Waals surface area contributed by atoms with E-state index in [0.29, 0.717) is 23.9 Å². The first-order valence-electron chi connectivity index (χ1n) is 9.05. The van der Waals surface area contributed by atoms with E-state index in [1.54, 1.807) is 0 Å². The lowest BCUT2D eigenvalue weighted by Gasteiger charge is -2.31. The van der Waals surface area contributed by atoms with Crippen molar-refractivity contribution >= 4 is 5.91 Å². The highest BCUT2D eigenvalue weighted by molar-refractivity contribution is 5.78. The van der Waals surface area contributed by atoms with Crippen LogP contribution in [0.25, 0.3) is 11.5 Å². The lowest BCUT2D eigenvalue weighted by molar-refractivity contribution is -0.132. The summed E-state index contributed by atoms with van der Waals surface area (Å²) in [7, 11) is 0. The summed E-state index contributed by atoms with van der Waals surface area (Å²) in [4.78, 5) is 19.0. The van der Waals surface area contributed by atoms with Crippen molar-refractivity contribution in [2.75, 3.05) is 19.7 Å². The third kappa shape index (κ3) is 4.10. The van der Waals surface area contributed by atoms with Crippen molar-refractivity contribution in [1.29, 1.82) is 0 Å². The molecule has 0 aliphatic carbocycles. The van der Waals surface area contributed by atoms with E-state index in [1.807, 2.05) is 24.0 Å². The molecular formula is C20H26N2O3. The molecule has 0 bridgehead atoms. The SMILES string of the molecule is CCc1ccc(-c2nc(CC(=O)N3CCCC(CO)C3)c(C)o2)cc1. The van der Waals surface area contributed by atoms with Gasteiger partial charge in [0, 0.05) is 25.3 Å². The Kier molecular flexibility index (Phi) is 5.53. The second-order valence-electron chi connectivity index (χ2n) is 6.78. The quantitative estimate of drug-likeness (QED) is 0.907. The molecule has 1 unspecified atom stereocenters. The summed E-state index contributed by atoms with van der Waals surface area (Å²) in [5.41, 5.74) is 2.90. The maximum Gasteiger partial charge on any atom is 0.228 e. The van der Waals surface area contributed by atoms with Crippen molar-refractivity contribution in [3.63, 3.8) is 0 Å². The first kappa shape index (κ1) is 17.7. The van der Waals surface area contributed by atoms with Gasteiger partial charge in [0.2, 0.25) is 11.8 Å². The Morgan fingerprint density at radius 2 is 2.12 bits per heavy atom. The fraction of sp³-hybridized carbons (Fsp3) is 0.500. The molecule has 0 spiro atoms. The molecule has 1 aliphatic heterocycles. The van der Waals surface area contributed by atoms with Crippen LogP contribution in [0.5, 0.6) is 0 Å². The molecule has 0 radical (unpaired) electrons. The molecule has 1 saturated heterocycles. The molecular weight excluding hydrogens is 316 g/mol. The second kappa shape index (κ2) is 7.83. The van der Waals surface area contributed by atoms with Crippen LogP contribution in [-0.4, -0.2) is 40.6 Å². The average molecular weight is 342 g/mol. The van der Waals surface area contributed by atoms with Gasteiger partial charge >= 0.3 is 0 Å². The van der Waals surface area contributed by atoms with Crippen LogP contribution in [0.3, 0.4) is 0 Å². The third-order valence-electron chi connectivity index (χ3n) is 4.95. The minimum Gasteiger partial charge on any atom is -0.441 e. The smallest absolute Gasteiger partial charge is 0.228 e. The molecule has 25 heavy (non-hydrogen) atoms. The van der Waals surface area contributed by atoms with Gasteiger partial charge in [0.05, 0.1) is 12.1 Å². The van der Waals surface area contributed by atoms with Crippen LogP contribution in [0, 0.1) is 12.8 Å². The van der Waals surface area contributed by atoms with E-state index in [-0.39, 0.29) is 24.9 Å². The van der Waals surface area contributed by atoms with Crippen LogP contribution in [0.2, 0.25) is 0 Å². The van der Waals surface area contributed by atoms with Crippen LogP contribution in [0.1, 0.15) is 36.8 Å². The normalized spacial score (nSPS) is 17.7. The summed E-state index contributed by atoms with van der Waals surface area (Å²) < 4.78 is 5.78. The predicted molar refractivity (Wildman–Crippen MR) is 96.1 cm³/mol. The first-order chi connectivity index (χ1) is 12.1. The summed E-state index contributed by atoms with van der Waals surface area (Å²) in [6.07, 6.45) is 3.18. The zero-order valence-corrected chi connectivity index (χ0v) is 15.0. The number of hydrogen-bond acceptors (Lipinski definition) is 4. The van der Waals surface area contributed by atoms with E-state index in [1.165, 1.54) is 5.56 Å². The Bertz CT molecular complexity index is 721. The zero-order chi connectivity index (χ0) is 17.8. The Morgan fingerprint density at radius 3 is 2.80 bits per heavy atom. The van der Waals surface area contributed by atoms with E-state index in [9.17, 15) is 9.90 Å². The molecule has 1 fully saturated rings. The summed E-state index contributed by atoms with van der Waals surface area (Å²) in [6, 6.07) is 8.16. The number of oxazole rings is 1. The van der Waals surface area contributed by atoms with Crippen LogP contribution in [0.4, 0.5) is 0 Å². The number of amides is 1. The molecule has 1 aliphatic rings. The third-order valence-corrected chi connectivity index (χ3v) is 4.95. The molecule has 5 nitrogen and oxygen atoms in total. The van der Waals surface area contributed by atoms with E-state index in [2.05, 4.69) is 24.0 Å². The number of aliphatic hydroxyl groups is 1. The van der Waals surface area contributed by atoms with Crippen LogP contribution in [0.15, 0.2) is 28.7 Å². The van der Waals surface area contributed by atoms with Gasteiger partial charge in [-0.2, -0.15) is 0 Å². The molecule has 0 saturated carbocycles. The maximum absolute atomic E-state index is 12.6. The van der Waals surface area contributed by atoms with Crippen LogP contribution < -0.4 is 0 Å². The molecule has 5 heteroatoms. The van der Waals surface area contributed by atoms with Crippen molar-refractivity contribution in [2.24, 2.45) is 5.92 Å². The molecule has 1 atom stereocenters. The summed E-state index contributed by atoms with van der Waals surface area (Å²) in [6.45, 7) is 5.52. The second-order valence-corrected chi connectivity index (χ2v) is 6.78. The van der Waals surface area contributed by atoms with Gasteiger partial charge in [0.1, 0.15) is 5.76 Å². The number of carbonyl (C=O) groups excluding carboxylic acids is 1. The average Bonchev–Trinajstić information content (AvgIpc) is 3.02. The number of hydrogen-bond donors (Lipinski definition) is 1. The van der Waals surface area contributed by atoms with Crippen molar-refractivity contribution < 1.29 is 14.3 Å². The van der Waals surface area contributed by atoms with Gasteiger partial charge in [-0.3, -0.25) is 4.79 Å². The lowest BCUT2D eigenvalue weighted by Crippen LogP contribution is -2.41.